The number of rotatable bonds is 5. The summed E-state index contributed by atoms with van der Waals surface area (Å²) in [7, 11) is 0. The lowest BCUT2D eigenvalue weighted by Gasteiger charge is -2.25. The molecule has 8 heteroatoms. The summed E-state index contributed by atoms with van der Waals surface area (Å²) in [6.45, 7) is 1.57. The van der Waals surface area contributed by atoms with Crippen molar-refractivity contribution in [2.45, 2.75) is 50.7 Å². The molecule has 1 aliphatic heterocycles. The monoisotopic (exact) mass is 442 g/mol. The van der Waals surface area contributed by atoms with Crippen LogP contribution >= 0.6 is 24.0 Å². The predicted molar refractivity (Wildman–Crippen MR) is 102 cm³/mol. The fraction of sp³-hybridized carbons (Fsp3) is 0.562. The summed E-state index contributed by atoms with van der Waals surface area (Å²) in [5, 5.41) is 11.3. The fourth-order valence-corrected chi connectivity index (χ4v) is 2.84. The minimum atomic E-state index is 0. The Kier molecular flexibility index (Phi) is 5.75. The molecule has 1 atom stereocenters. The Labute approximate surface area is 158 Å². The molecular weight excluding hydrogens is 419 g/mol. The maximum atomic E-state index is 5.36. The van der Waals surface area contributed by atoms with E-state index in [0.717, 1.165) is 49.9 Å². The largest absolute Gasteiger partial charge is 0.469 e. The van der Waals surface area contributed by atoms with Crippen LogP contribution in [0.1, 0.15) is 30.8 Å². The van der Waals surface area contributed by atoms with Gasteiger partial charge in [0.05, 0.1) is 12.8 Å². The summed E-state index contributed by atoms with van der Waals surface area (Å²) >= 11 is 0. The zero-order valence-electron chi connectivity index (χ0n) is 13.5. The van der Waals surface area contributed by atoms with Crippen LogP contribution in [0.5, 0.6) is 0 Å². The van der Waals surface area contributed by atoms with Gasteiger partial charge in [0, 0.05) is 31.5 Å². The van der Waals surface area contributed by atoms with Gasteiger partial charge in [-0.05, 0) is 31.4 Å². The lowest BCUT2D eigenvalue weighted by molar-refractivity contribution is 0.392. The number of guanidine groups is 1. The highest BCUT2D eigenvalue weighted by Gasteiger charge is 2.25. The van der Waals surface area contributed by atoms with Gasteiger partial charge in [-0.1, -0.05) is 0 Å². The fourth-order valence-electron chi connectivity index (χ4n) is 2.84. The third-order valence-corrected chi connectivity index (χ3v) is 4.27. The molecule has 0 radical (unpaired) electrons. The Morgan fingerprint density at radius 1 is 1.29 bits per heavy atom. The van der Waals surface area contributed by atoms with Gasteiger partial charge in [0.2, 0.25) is 0 Å². The number of halogens is 1. The van der Waals surface area contributed by atoms with E-state index in [2.05, 4.69) is 20.7 Å². The van der Waals surface area contributed by atoms with E-state index < -0.39 is 0 Å². The molecule has 3 heterocycles. The third kappa shape index (κ3) is 4.49. The lowest BCUT2D eigenvalue weighted by Crippen LogP contribution is -2.47. The van der Waals surface area contributed by atoms with Gasteiger partial charge in [0.25, 0.3) is 0 Å². The summed E-state index contributed by atoms with van der Waals surface area (Å²) in [6.07, 6.45) is 8.65. The van der Waals surface area contributed by atoms with Crippen LogP contribution in [-0.4, -0.2) is 39.4 Å². The molecule has 1 fully saturated rings. The molecule has 2 aliphatic rings. The van der Waals surface area contributed by atoms with E-state index in [-0.39, 0.29) is 24.0 Å². The first-order valence-electron chi connectivity index (χ1n) is 8.33. The molecule has 2 aromatic rings. The van der Waals surface area contributed by atoms with Gasteiger partial charge in [-0.15, -0.1) is 24.0 Å². The molecule has 1 unspecified atom stereocenters. The number of aryl methyl sites for hydroxylation is 1. The topological polar surface area (TPSA) is 80.3 Å². The highest BCUT2D eigenvalue weighted by molar-refractivity contribution is 14.0. The highest BCUT2D eigenvalue weighted by Crippen LogP contribution is 2.18. The standard InChI is InChI=1S/C16H22N6O.HI/c1-2-14(23-9-1)7-8-17-16(20-12-3-4-12)21-13-5-6-15-18-11-19-22(15)10-13;/h1-2,9,11-13H,3-8,10H2,(H2,17,20,21);1H. The SMILES string of the molecule is I.c1coc(CCN=C(NC2CC2)NC2CCc3ncnn3C2)c1. The molecular formula is C16H23IN6O. The second-order valence-electron chi connectivity index (χ2n) is 6.22. The molecule has 7 nitrogen and oxygen atoms in total. The lowest BCUT2D eigenvalue weighted by atomic mass is 10.1. The van der Waals surface area contributed by atoms with E-state index in [1.807, 2.05) is 16.8 Å². The van der Waals surface area contributed by atoms with Crippen molar-refractivity contribution in [3.05, 3.63) is 36.3 Å². The molecule has 0 spiro atoms. The molecule has 0 aromatic carbocycles. The zero-order valence-corrected chi connectivity index (χ0v) is 15.8. The Morgan fingerprint density at radius 3 is 2.96 bits per heavy atom. The predicted octanol–water partition coefficient (Wildman–Crippen LogP) is 1.74. The van der Waals surface area contributed by atoms with Crippen molar-refractivity contribution in [3.63, 3.8) is 0 Å². The summed E-state index contributed by atoms with van der Waals surface area (Å²) in [4.78, 5) is 8.98. The van der Waals surface area contributed by atoms with Crippen molar-refractivity contribution in [2.24, 2.45) is 4.99 Å². The van der Waals surface area contributed by atoms with Gasteiger partial charge in [-0.25, -0.2) is 9.67 Å². The van der Waals surface area contributed by atoms with Crippen LogP contribution in [-0.2, 0) is 19.4 Å². The van der Waals surface area contributed by atoms with E-state index >= 15 is 0 Å². The molecule has 0 bridgehead atoms. The number of furan rings is 1. The van der Waals surface area contributed by atoms with E-state index in [4.69, 9.17) is 9.41 Å². The van der Waals surface area contributed by atoms with Crippen LogP contribution in [0.4, 0.5) is 0 Å². The van der Waals surface area contributed by atoms with Crippen LogP contribution in [0.2, 0.25) is 0 Å². The van der Waals surface area contributed by atoms with Crippen LogP contribution < -0.4 is 10.6 Å². The van der Waals surface area contributed by atoms with Crippen molar-refractivity contribution in [2.75, 3.05) is 6.54 Å². The minimum Gasteiger partial charge on any atom is -0.469 e. The molecule has 2 N–H and O–H groups in total. The van der Waals surface area contributed by atoms with Crippen LogP contribution in [0.15, 0.2) is 34.1 Å². The van der Waals surface area contributed by atoms with Crippen molar-refractivity contribution in [1.29, 1.82) is 0 Å². The number of fused-ring (bicyclic) bond motifs is 1. The number of nitrogens with zero attached hydrogens (tertiary/aromatic N) is 4. The molecule has 2 aromatic heterocycles. The normalized spacial score (nSPS) is 20.2. The Morgan fingerprint density at radius 2 is 2.17 bits per heavy atom. The number of hydrogen-bond donors (Lipinski definition) is 2. The first kappa shape index (κ1) is 17.2. The third-order valence-electron chi connectivity index (χ3n) is 4.27. The maximum absolute atomic E-state index is 5.36. The average Bonchev–Trinajstić information content (AvgIpc) is 3.02. The Bertz CT molecular complexity index is 664. The molecule has 0 amide bonds. The number of nitrogens with one attached hydrogen (secondary N) is 2. The molecule has 4 rings (SSSR count). The smallest absolute Gasteiger partial charge is 0.191 e. The molecule has 0 saturated heterocycles. The second-order valence-corrected chi connectivity index (χ2v) is 6.22. The maximum Gasteiger partial charge on any atom is 0.191 e. The molecule has 24 heavy (non-hydrogen) atoms. The Balaban J connectivity index is 0.00000169. The Hall–Kier alpha value is -1.58. The van der Waals surface area contributed by atoms with Crippen LogP contribution in [0.3, 0.4) is 0 Å². The van der Waals surface area contributed by atoms with Gasteiger partial charge in [0.1, 0.15) is 17.9 Å². The average molecular weight is 442 g/mol. The number of aromatic nitrogens is 3. The first-order valence-corrected chi connectivity index (χ1v) is 8.33. The zero-order chi connectivity index (χ0) is 15.5. The van der Waals surface area contributed by atoms with E-state index in [9.17, 15) is 0 Å². The van der Waals surface area contributed by atoms with Gasteiger partial charge in [0.15, 0.2) is 5.96 Å². The second kappa shape index (κ2) is 8.00. The summed E-state index contributed by atoms with van der Waals surface area (Å²) in [5.41, 5.74) is 0. The van der Waals surface area contributed by atoms with Crippen molar-refractivity contribution in [3.8, 4) is 0 Å². The van der Waals surface area contributed by atoms with E-state index in [1.165, 1.54) is 12.8 Å². The molecule has 1 saturated carbocycles. The van der Waals surface area contributed by atoms with E-state index in [1.54, 1.807) is 12.6 Å². The van der Waals surface area contributed by atoms with Gasteiger partial charge >= 0.3 is 0 Å². The van der Waals surface area contributed by atoms with Crippen molar-refractivity contribution in [1.82, 2.24) is 25.4 Å². The van der Waals surface area contributed by atoms with Gasteiger partial charge < -0.3 is 15.1 Å². The first-order chi connectivity index (χ1) is 11.4. The quantitative estimate of drug-likeness (QED) is 0.419. The van der Waals surface area contributed by atoms with Crippen LogP contribution in [0, 0.1) is 0 Å². The number of aliphatic imine (C=N–C) groups is 1. The summed E-state index contributed by atoms with van der Waals surface area (Å²) in [5.74, 6) is 2.96. The van der Waals surface area contributed by atoms with E-state index in [0.29, 0.717) is 12.1 Å². The van der Waals surface area contributed by atoms with Gasteiger partial charge in [-0.3, -0.25) is 4.99 Å². The van der Waals surface area contributed by atoms with Gasteiger partial charge in [-0.2, -0.15) is 5.10 Å². The van der Waals surface area contributed by atoms with Crippen molar-refractivity contribution < 1.29 is 4.42 Å². The van der Waals surface area contributed by atoms with Crippen molar-refractivity contribution >= 4 is 29.9 Å². The molecule has 130 valence electrons. The number of hydrogen-bond acceptors (Lipinski definition) is 4. The summed E-state index contributed by atoms with van der Waals surface area (Å²) in [6, 6.07) is 4.83. The highest BCUT2D eigenvalue weighted by atomic mass is 127. The summed E-state index contributed by atoms with van der Waals surface area (Å²) < 4.78 is 7.35. The minimum absolute atomic E-state index is 0. The molecule has 1 aliphatic carbocycles. The van der Waals surface area contributed by atoms with Crippen LogP contribution in [0.25, 0.3) is 0 Å².